The van der Waals surface area contributed by atoms with E-state index in [1.165, 1.54) is 12.8 Å². The number of carbonyl (C=O) groups is 1. The van der Waals surface area contributed by atoms with Gasteiger partial charge in [-0.25, -0.2) is 4.98 Å². The van der Waals surface area contributed by atoms with Crippen LogP contribution in [-0.4, -0.2) is 15.5 Å². The number of fused-ring (bicyclic) bond motifs is 1. The molecule has 0 saturated heterocycles. The number of hydrogen-bond donors (Lipinski definition) is 1. The Morgan fingerprint density at radius 3 is 2.80 bits per heavy atom. The van der Waals surface area contributed by atoms with E-state index in [1.807, 2.05) is 25.1 Å². The Morgan fingerprint density at radius 2 is 2.10 bits per heavy atom. The third-order valence-corrected chi connectivity index (χ3v) is 3.48. The van der Waals surface area contributed by atoms with E-state index in [4.69, 9.17) is 4.98 Å². The molecule has 1 aromatic heterocycles. The lowest BCUT2D eigenvalue weighted by atomic mass is 10.2. The molecule has 0 aliphatic heterocycles. The topological polar surface area (TPSA) is 46.9 Å². The van der Waals surface area contributed by atoms with Crippen LogP contribution in [-0.2, 0) is 11.3 Å². The average molecular weight is 273 g/mol. The van der Waals surface area contributed by atoms with Gasteiger partial charge < -0.3 is 9.88 Å². The molecule has 0 saturated carbocycles. The SMILES string of the molecule is CCCCCn1c(C(C)NC(C)=O)nc2ccccc21. The lowest BCUT2D eigenvalue weighted by molar-refractivity contribution is -0.119. The average Bonchev–Trinajstić information content (AvgIpc) is 2.78. The number of benzene rings is 1. The number of rotatable bonds is 6. The van der Waals surface area contributed by atoms with Gasteiger partial charge in [0.1, 0.15) is 5.82 Å². The minimum absolute atomic E-state index is 0.0235. The Morgan fingerprint density at radius 1 is 1.35 bits per heavy atom. The molecular weight excluding hydrogens is 250 g/mol. The smallest absolute Gasteiger partial charge is 0.217 e. The van der Waals surface area contributed by atoms with Crippen LogP contribution in [0, 0.1) is 0 Å². The molecule has 1 unspecified atom stereocenters. The largest absolute Gasteiger partial charge is 0.347 e. The number of nitrogens with zero attached hydrogens (tertiary/aromatic N) is 2. The zero-order valence-corrected chi connectivity index (χ0v) is 12.5. The summed E-state index contributed by atoms with van der Waals surface area (Å²) < 4.78 is 2.24. The van der Waals surface area contributed by atoms with Gasteiger partial charge in [0.2, 0.25) is 5.91 Å². The van der Waals surface area contributed by atoms with Gasteiger partial charge >= 0.3 is 0 Å². The molecule has 2 rings (SSSR count). The molecule has 1 heterocycles. The molecule has 0 bridgehead atoms. The normalized spacial score (nSPS) is 12.6. The van der Waals surface area contributed by atoms with Gasteiger partial charge in [0, 0.05) is 13.5 Å². The molecule has 4 heteroatoms. The van der Waals surface area contributed by atoms with Crippen molar-refractivity contribution in [3.05, 3.63) is 30.1 Å². The molecule has 0 fully saturated rings. The van der Waals surface area contributed by atoms with Gasteiger partial charge in [-0.1, -0.05) is 31.9 Å². The fraction of sp³-hybridized carbons (Fsp3) is 0.500. The fourth-order valence-electron chi connectivity index (χ4n) is 2.55. The number of carbonyl (C=O) groups excluding carboxylic acids is 1. The predicted octanol–water partition coefficient (Wildman–Crippen LogP) is 3.42. The summed E-state index contributed by atoms with van der Waals surface area (Å²) in [5, 5.41) is 2.93. The molecule has 108 valence electrons. The van der Waals surface area contributed by atoms with Crippen molar-refractivity contribution >= 4 is 16.9 Å². The van der Waals surface area contributed by atoms with Gasteiger partial charge in [-0.05, 0) is 25.5 Å². The minimum Gasteiger partial charge on any atom is -0.347 e. The van der Waals surface area contributed by atoms with E-state index in [-0.39, 0.29) is 11.9 Å². The van der Waals surface area contributed by atoms with Crippen LogP contribution < -0.4 is 5.32 Å². The standard InChI is InChI=1S/C16H23N3O/c1-4-5-8-11-19-15-10-7-6-9-14(15)18-16(19)12(2)17-13(3)20/h6-7,9-10,12H,4-5,8,11H2,1-3H3,(H,17,20). The van der Waals surface area contributed by atoms with E-state index in [1.54, 1.807) is 6.92 Å². The van der Waals surface area contributed by atoms with E-state index in [9.17, 15) is 4.79 Å². The van der Waals surface area contributed by atoms with Gasteiger partial charge in [-0.3, -0.25) is 4.79 Å². The Labute approximate surface area is 120 Å². The predicted molar refractivity (Wildman–Crippen MR) is 81.5 cm³/mol. The number of nitrogens with one attached hydrogen (secondary N) is 1. The van der Waals surface area contributed by atoms with E-state index in [0.29, 0.717) is 0 Å². The second kappa shape index (κ2) is 6.55. The van der Waals surface area contributed by atoms with Crippen molar-refractivity contribution in [2.75, 3.05) is 0 Å². The Hall–Kier alpha value is -1.84. The van der Waals surface area contributed by atoms with Crippen molar-refractivity contribution < 1.29 is 4.79 Å². The van der Waals surface area contributed by atoms with Crippen LogP contribution in [0.4, 0.5) is 0 Å². The van der Waals surface area contributed by atoms with Crippen molar-refractivity contribution in [2.24, 2.45) is 0 Å². The second-order valence-electron chi connectivity index (χ2n) is 5.24. The maximum Gasteiger partial charge on any atom is 0.217 e. The first-order valence-electron chi connectivity index (χ1n) is 7.35. The number of hydrogen-bond acceptors (Lipinski definition) is 2. The van der Waals surface area contributed by atoms with E-state index in [0.717, 1.165) is 29.8 Å². The van der Waals surface area contributed by atoms with E-state index in [2.05, 4.69) is 22.9 Å². The maximum atomic E-state index is 11.3. The molecule has 0 spiro atoms. The third-order valence-electron chi connectivity index (χ3n) is 3.48. The zero-order valence-electron chi connectivity index (χ0n) is 12.5. The van der Waals surface area contributed by atoms with Crippen molar-refractivity contribution in [2.45, 2.75) is 52.6 Å². The molecule has 0 aliphatic carbocycles. The quantitative estimate of drug-likeness (QED) is 0.820. The van der Waals surface area contributed by atoms with Gasteiger partial charge in [0.05, 0.1) is 17.1 Å². The molecule has 1 aromatic carbocycles. The zero-order chi connectivity index (χ0) is 14.5. The molecule has 1 atom stereocenters. The molecule has 1 N–H and O–H groups in total. The summed E-state index contributed by atoms with van der Waals surface area (Å²) in [4.78, 5) is 16.0. The van der Waals surface area contributed by atoms with Crippen LogP contribution >= 0.6 is 0 Å². The maximum absolute atomic E-state index is 11.3. The molecular formula is C16H23N3O. The van der Waals surface area contributed by atoms with Crippen LogP contribution in [0.15, 0.2) is 24.3 Å². The van der Waals surface area contributed by atoms with Crippen LogP contribution in [0.5, 0.6) is 0 Å². The van der Waals surface area contributed by atoms with Gasteiger partial charge in [-0.2, -0.15) is 0 Å². The highest BCUT2D eigenvalue weighted by Gasteiger charge is 2.16. The number of aromatic nitrogens is 2. The Balaban J connectivity index is 2.35. The highest BCUT2D eigenvalue weighted by molar-refractivity contribution is 5.77. The minimum atomic E-state index is -0.0680. The molecule has 20 heavy (non-hydrogen) atoms. The second-order valence-corrected chi connectivity index (χ2v) is 5.24. The number of aryl methyl sites for hydroxylation is 1. The van der Waals surface area contributed by atoms with Crippen LogP contribution in [0.25, 0.3) is 11.0 Å². The van der Waals surface area contributed by atoms with Gasteiger partial charge in [-0.15, -0.1) is 0 Å². The Kier molecular flexibility index (Phi) is 4.77. The molecule has 0 aliphatic rings. The number of imidazole rings is 1. The first-order valence-corrected chi connectivity index (χ1v) is 7.35. The number of unbranched alkanes of at least 4 members (excludes halogenated alkanes) is 2. The highest BCUT2D eigenvalue weighted by atomic mass is 16.1. The van der Waals surface area contributed by atoms with Crippen LogP contribution in [0.1, 0.15) is 51.9 Å². The first kappa shape index (κ1) is 14.6. The number of amides is 1. The highest BCUT2D eigenvalue weighted by Crippen LogP contribution is 2.21. The van der Waals surface area contributed by atoms with E-state index < -0.39 is 0 Å². The number of para-hydroxylation sites is 2. The summed E-state index contributed by atoms with van der Waals surface area (Å²) in [5.74, 6) is 0.919. The summed E-state index contributed by atoms with van der Waals surface area (Å²) >= 11 is 0. The molecule has 2 aromatic rings. The van der Waals surface area contributed by atoms with Crippen molar-refractivity contribution in [1.29, 1.82) is 0 Å². The van der Waals surface area contributed by atoms with Crippen LogP contribution in [0.2, 0.25) is 0 Å². The molecule has 1 amide bonds. The summed E-state index contributed by atoms with van der Waals surface area (Å²) in [6, 6.07) is 8.08. The lowest BCUT2D eigenvalue weighted by Crippen LogP contribution is -2.26. The summed E-state index contributed by atoms with van der Waals surface area (Å²) in [6.07, 6.45) is 3.54. The van der Waals surface area contributed by atoms with Gasteiger partial charge in [0.15, 0.2) is 0 Å². The van der Waals surface area contributed by atoms with Crippen molar-refractivity contribution in [1.82, 2.24) is 14.9 Å². The Bertz CT molecular complexity index is 588. The van der Waals surface area contributed by atoms with Crippen molar-refractivity contribution in [3.63, 3.8) is 0 Å². The lowest BCUT2D eigenvalue weighted by Gasteiger charge is -2.15. The fourth-order valence-corrected chi connectivity index (χ4v) is 2.55. The summed E-state index contributed by atoms with van der Waals surface area (Å²) in [5.41, 5.74) is 2.15. The monoisotopic (exact) mass is 273 g/mol. The van der Waals surface area contributed by atoms with E-state index >= 15 is 0 Å². The third kappa shape index (κ3) is 3.18. The van der Waals surface area contributed by atoms with Crippen LogP contribution in [0.3, 0.4) is 0 Å². The first-order chi connectivity index (χ1) is 9.63. The summed E-state index contributed by atoms with van der Waals surface area (Å²) in [6.45, 7) is 6.68. The van der Waals surface area contributed by atoms with Crippen molar-refractivity contribution in [3.8, 4) is 0 Å². The molecule has 4 nitrogen and oxygen atoms in total. The molecule has 0 radical (unpaired) electrons. The summed E-state index contributed by atoms with van der Waals surface area (Å²) in [7, 11) is 0. The van der Waals surface area contributed by atoms with Gasteiger partial charge in [0.25, 0.3) is 0 Å².